The van der Waals surface area contributed by atoms with Crippen molar-refractivity contribution in [2.45, 2.75) is 20.3 Å². The van der Waals surface area contributed by atoms with E-state index in [9.17, 15) is 4.79 Å². The Kier molecular flexibility index (Phi) is 4.68. The van der Waals surface area contributed by atoms with Crippen molar-refractivity contribution in [3.8, 4) is 0 Å². The number of hydrogen-bond donors (Lipinski definition) is 2. The highest BCUT2D eigenvalue weighted by molar-refractivity contribution is 5.72. The Bertz CT molecular complexity index is 323. The number of aryl methyl sites for hydroxylation is 1. The smallest absolute Gasteiger partial charge is 0.216 e. The number of carbonyl (C=O) groups excluding carboxylic acids is 1. The molecule has 0 aliphatic heterocycles. The number of carbonyl (C=O) groups is 1. The number of para-hydroxylation sites is 1. The second-order valence-corrected chi connectivity index (χ2v) is 3.42. The van der Waals surface area contributed by atoms with Crippen LogP contribution < -0.4 is 10.6 Å². The molecule has 0 aromatic heterocycles. The predicted molar refractivity (Wildman–Crippen MR) is 63.0 cm³/mol. The summed E-state index contributed by atoms with van der Waals surface area (Å²) in [6, 6.07) is 8.23. The van der Waals surface area contributed by atoms with Gasteiger partial charge in [0.05, 0.1) is 0 Å². The number of benzene rings is 1. The topological polar surface area (TPSA) is 41.1 Å². The normalized spacial score (nSPS) is 9.73. The monoisotopic (exact) mass is 206 g/mol. The summed E-state index contributed by atoms with van der Waals surface area (Å²) < 4.78 is 0. The van der Waals surface area contributed by atoms with Crippen LogP contribution >= 0.6 is 0 Å². The Morgan fingerprint density at radius 1 is 1.27 bits per heavy atom. The second kappa shape index (κ2) is 6.06. The first-order chi connectivity index (χ1) is 7.24. The van der Waals surface area contributed by atoms with Crippen LogP contribution in [0.3, 0.4) is 0 Å². The van der Waals surface area contributed by atoms with Crippen LogP contribution in [0.5, 0.6) is 0 Å². The summed E-state index contributed by atoms with van der Waals surface area (Å²) in [5.41, 5.74) is 2.46. The Labute approximate surface area is 90.9 Å². The molecule has 0 atom stereocenters. The van der Waals surface area contributed by atoms with Gasteiger partial charge in [0.2, 0.25) is 5.91 Å². The van der Waals surface area contributed by atoms with Gasteiger partial charge in [0, 0.05) is 25.7 Å². The molecule has 1 rings (SSSR count). The van der Waals surface area contributed by atoms with Crippen LogP contribution in [-0.2, 0) is 11.2 Å². The van der Waals surface area contributed by atoms with E-state index in [-0.39, 0.29) is 5.91 Å². The van der Waals surface area contributed by atoms with Crippen molar-refractivity contribution < 1.29 is 4.79 Å². The fourth-order valence-corrected chi connectivity index (χ4v) is 1.44. The van der Waals surface area contributed by atoms with E-state index in [4.69, 9.17) is 0 Å². The Morgan fingerprint density at radius 2 is 2.00 bits per heavy atom. The van der Waals surface area contributed by atoms with Gasteiger partial charge in [0.1, 0.15) is 0 Å². The van der Waals surface area contributed by atoms with E-state index >= 15 is 0 Å². The molecule has 1 amide bonds. The molecule has 0 radical (unpaired) electrons. The molecule has 0 aliphatic carbocycles. The highest BCUT2D eigenvalue weighted by atomic mass is 16.1. The molecule has 0 aliphatic rings. The number of nitrogens with one attached hydrogen (secondary N) is 2. The molecular weight excluding hydrogens is 188 g/mol. The number of rotatable bonds is 5. The standard InChI is InChI=1S/C12H18N2O/c1-3-11-6-4-5-7-12(11)14-9-8-13-10(2)15/h4-7,14H,3,8-9H2,1-2H3,(H,13,15). The van der Waals surface area contributed by atoms with E-state index in [1.54, 1.807) is 0 Å². The first-order valence-electron chi connectivity index (χ1n) is 5.30. The molecule has 3 nitrogen and oxygen atoms in total. The van der Waals surface area contributed by atoms with Gasteiger partial charge in [-0.2, -0.15) is 0 Å². The van der Waals surface area contributed by atoms with Gasteiger partial charge in [-0.15, -0.1) is 0 Å². The van der Waals surface area contributed by atoms with Crippen LogP contribution in [0.25, 0.3) is 0 Å². The first kappa shape index (κ1) is 11.6. The van der Waals surface area contributed by atoms with Gasteiger partial charge in [0.25, 0.3) is 0 Å². The van der Waals surface area contributed by atoms with E-state index in [1.165, 1.54) is 12.5 Å². The van der Waals surface area contributed by atoms with Crippen molar-refractivity contribution in [3.05, 3.63) is 29.8 Å². The van der Waals surface area contributed by atoms with Crippen LogP contribution in [-0.4, -0.2) is 19.0 Å². The van der Waals surface area contributed by atoms with Gasteiger partial charge >= 0.3 is 0 Å². The predicted octanol–water partition coefficient (Wildman–Crippen LogP) is 1.80. The molecule has 1 aromatic carbocycles. The summed E-state index contributed by atoms with van der Waals surface area (Å²) in [6.45, 7) is 5.08. The van der Waals surface area contributed by atoms with E-state index in [0.29, 0.717) is 6.54 Å². The van der Waals surface area contributed by atoms with E-state index < -0.39 is 0 Å². The zero-order chi connectivity index (χ0) is 11.1. The molecule has 0 unspecified atom stereocenters. The third-order valence-corrected chi connectivity index (χ3v) is 2.21. The third-order valence-electron chi connectivity index (χ3n) is 2.21. The third kappa shape index (κ3) is 4.02. The average Bonchev–Trinajstić information content (AvgIpc) is 2.24. The van der Waals surface area contributed by atoms with Crippen LogP contribution in [0.4, 0.5) is 5.69 Å². The quantitative estimate of drug-likeness (QED) is 0.721. The lowest BCUT2D eigenvalue weighted by Gasteiger charge is -2.10. The van der Waals surface area contributed by atoms with Crippen molar-refractivity contribution in [1.82, 2.24) is 5.32 Å². The summed E-state index contributed by atoms with van der Waals surface area (Å²) in [5, 5.41) is 6.06. The molecule has 0 spiro atoms. The molecular formula is C12H18N2O. The van der Waals surface area contributed by atoms with Crippen molar-refractivity contribution in [3.63, 3.8) is 0 Å². The van der Waals surface area contributed by atoms with E-state index in [0.717, 1.165) is 18.7 Å². The molecule has 0 heterocycles. The lowest BCUT2D eigenvalue weighted by atomic mass is 10.1. The van der Waals surface area contributed by atoms with Gasteiger partial charge in [-0.05, 0) is 18.1 Å². The minimum atomic E-state index is 0.0144. The van der Waals surface area contributed by atoms with Crippen molar-refractivity contribution in [2.75, 3.05) is 18.4 Å². The maximum absolute atomic E-state index is 10.6. The Morgan fingerprint density at radius 3 is 2.67 bits per heavy atom. The minimum Gasteiger partial charge on any atom is -0.383 e. The first-order valence-corrected chi connectivity index (χ1v) is 5.30. The zero-order valence-electron chi connectivity index (χ0n) is 9.34. The summed E-state index contributed by atoms with van der Waals surface area (Å²) in [4.78, 5) is 10.6. The molecule has 0 fully saturated rings. The fraction of sp³-hybridized carbons (Fsp3) is 0.417. The number of anilines is 1. The SMILES string of the molecule is CCc1ccccc1NCCNC(C)=O. The minimum absolute atomic E-state index is 0.0144. The summed E-state index contributed by atoms with van der Waals surface area (Å²) >= 11 is 0. The van der Waals surface area contributed by atoms with Gasteiger partial charge in [-0.3, -0.25) is 4.79 Å². The second-order valence-electron chi connectivity index (χ2n) is 3.42. The number of hydrogen-bond acceptors (Lipinski definition) is 2. The van der Waals surface area contributed by atoms with Crippen LogP contribution in [0.2, 0.25) is 0 Å². The molecule has 0 saturated heterocycles. The summed E-state index contributed by atoms with van der Waals surface area (Å²) in [5.74, 6) is 0.0144. The highest BCUT2D eigenvalue weighted by Gasteiger charge is 1.97. The Balaban J connectivity index is 2.39. The van der Waals surface area contributed by atoms with Crippen LogP contribution in [0.1, 0.15) is 19.4 Å². The average molecular weight is 206 g/mol. The summed E-state index contributed by atoms with van der Waals surface area (Å²) in [7, 11) is 0. The lowest BCUT2D eigenvalue weighted by Crippen LogP contribution is -2.26. The highest BCUT2D eigenvalue weighted by Crippen LogP contribution is 2.14. The molecule has 3 heteroatoms. The zero-order valence-corrected chi connectivity index (χ0v) is 9.34. The molecule has 0 saturated carbocycles. The Hall–Kier alpha value is -1.51. The largest absolute Gasteiger partial charge is 0.383 e. The maximum Gasteiger partial charge on any atom is 0.216 e. The van der Waals surface area contributed by atoms with Gasteiger partial charge in [-0.1, -0.05) is 25.1 Å². The van der Waals surface area contributed by atoms with E-state index in [1.807, 2.05) is 12.1 Å². The molecule has 82 valence electrons. The van der Waals surface area contributed by atoms with Gasteiger partial charge in [-0.25, -0.2) is 0 Å². The van der Waals surface area contributed by atoms with Crippen LogP contribution in [0, 0.1) is 0 Å². The van der Waals surface area contributed by atoms with Crippen molar-refractivity contribution in [2.24, 2.45) is 0 Å². The lowest BCUT2D eigenvalue weighted by molar-refractivity contribution is -0.118. The molecule has 15 heavy (non-hydrogen) atoms. The summed E-state index contributed by atoms with van der Waals surface area (Å²) in [6.07, 6.45) is 1.02. The van der Waals surface area contributed by atoms with Gasteiger partial charge in [0.15, 0.2) is 0 Å². The van der Waals surface area contributed by atoms with Crippen LogP contribution in [0.15, 0.2) is 24.3 Å². The van der Waals surface area contributed by atoms with Crippen molar-refractivity contribution >= 4 is 11.6 Å². The molecule has 0 bridgehead atoms. The van der Waals surface area contributed by atoms with E-state index in [2.05, 4.69) is 29.7 Å². The van der Waals surface area contributed by atoms with Gasteiger partial charge < -0.3 is 10.6 Å². The molecule has 2 N–H and O–H groups in total. The molecule has 1 aromatic rings. The number of amides is 1. The maximum atomic E-state index is 10.6. The van der Waals surface area contributed by atoms with Crippen molar-refractivity contribution in [1.29, 1.82) is 0 Å². The fourth-order valence-electron chi connectivity index (χ4n) is 1.44.